The fourth-order valence-electron chi connectivity index (χ4n) is 2.92. The molecule has 1 fully saturated rings. The van der Waals surface area contributed by atoms with E-state index in [1.807, 2.05) is 0 Å². The average Bonchev–Trinajstić information content (AvgIpc) is 2.74. The largest absolute Gasteiger partial charge is 0.377 e. The van der Waals surface area contributed by atoms with E-state index in [0.29, 0.717) is 85.9 Å². The van der Waals surface area contributed by atoms with Crippen molar-refractivity contribution in [3.8, 4) is 0 Å². The number of rotatable bonds is 4. The molecule has 1 aromatic rings. The second-order valence-corrected chi connectivity index (χ2v) is 8.48. The lowest BCUT2D eigenvalue weighted by Crippen LogP contribution is -2.28. The molecule has 0 amide bonds. The lowest BCUT2D eigenvalue weighted by molar-refractivity contribution is -0.0865. The van der Waals surface area contributed by atoms with Gasteiger partial charge in [-0.1, -0.05) is 45.0 Å². The highest BCUT2D eigenvalue weighted by Crippen LogP contribution is 2.22. The first-order chi connectivity index (χ1) is 15.1. The highest BCUT2D eigenvalue weighted by atomic mass is 16.6. The van der Waals surface area contributed by atoms with Crippen LogP contribution >= 0.6 is 0 Å². The van der Waals surface area contributed by atoms with Crippen LogP contribution in [0.5, 0.6) is 0 Å². The van der Waals surface area contributed by atoms with Crippen molar-refractivity contribution < 1.29 is 33.2 Å². The molecule has 0 saturated carbocycles. The molecule has 0 aliphatic carbocycles. The van der Waals surface area contributed by atoms with Crippen molar-refractivity contribution in [1.29, 1.82) is 0 Å². The maximum Gasteiger partial charge on any atom is 0.104 e. The summed E-state index contributed by atoms with van der Waals surface area (Å²) >= 11 is 0. The zero-order valence-electron chi connectivity index (χ0n) is 19.4. The molecule has 1 atom stereocenters. The van der Waals surface area contributed by atoms with E-state index in [1.54, 1.807) is 0 Å². The molecule has 7 nitrogen and oxygen atoms in total. The first-order valence-electron chi connectivity index (χ1n) is 11.2. The van der Waals surface area contributed by atoms with Crippen molar-refractivity contribution >= 4 is 0 Å². The summed E-state index contributed by atoms with van der Waals surface area (Å²) in [6.07, 6.45) is -0.157. The summed E-state index contributed by atoms with van der Waals surface area (Å²) in [6, 6.07) is 8.58. The molecule has 0 radical (unpaired) electrons. The van der Waals surface area contributed by atoms with E-state index in [-0.39, 0.29) is 11.5 Å². The molecule has 7 heteroatoms. The van der Waals surface area contributed by atoms with Crippen LogP contribution in [0.3, 0.4) is 0 Å². The number of hydrogen-bond acceptors (Lipinski definition) is 7. The topological polar surface area (TPSA) is 64.6 Å². The van der Waals surface area contributed by atoms with Crippen LogP contribution in [0.4, 0.5) is 0 Å². The second kappa shape index (κ2) is 15.7. The normalized spacial score (nSPS) is 21.8. The molecule has 1 saturated heterocycles. The summed E-state index contributed by atoms with van der Waals surface area (Å²) in [4.78, 5) is 0. The summed E-state index contributed by atoms with van der Waals surface area (Å²) in [5, 5.41) is 0. The zero-order chi connectivity index (χ0) is 22.2. The Morgan fingerprint density at radius 3 is 1.71 bits per heavy atom. The summed E-state index contributed by atoms with van der Waals surface area (Å²) in [5.74, 6) is 0. The van der Waals surface area contributed by atoms with E-state index >= 15 is 0 Å². The van der Waals surface area contributed by atoms with Crippen LogP contribution < -0.4 is 0 Å². The molecule has 1 heterocycles. The van der Waals surface area contributed by atoms with E-state index in [0.717, 1.165) is 5.56 Å². The minimum atomic E-state index is -0.157. The average molecular weight is 441 g/mol. The van der Waals surface area contributed by atoms with Crippen LogP contribution in [0, 0.1) is 0 Å². The van der Waals surface area contributed by atoms with Crippen molar-refractivity contribution in [2.45, 2.75) is 38.9 Å². The van der Waals surface area contributed by atoms with Crippen molar-refractivity contribution in [3.63, 3.8) is 0 Å². The van der Waals surface area contributed by atoms with Crippen molar-refractivity contribution in [1.82, 2.24) is 0 Å². The van der Waals surface area contributed by atoms with Crippen LogP contribution in [-0.2, 0) is 45.2 Å². The lowest BCUT2D eigenvalue weighted by atomic mass is 9.87. The molecule has 1 aromatic carbocycles. The maximum absolute atomic E-state index is 5.91. The van der Waals surface area contributed by atoms with Crippen molar-refractivity contribution in [3.05, 3.63) is 35.4 Å². The molecule has 1 aliphatic heterocycles. The van der Waals surface area contributed by atoms with Gasteiger partial charge in [-0.25, -0.2) is 0 Å². The lowest BCUT2D eigenvalue weighted by Gasteiger charge is -2.20. The molecule has 0 spiro atoms. The quantitative estimate of drug-likeness (QED) is 0.713. The third-order valence-electron chi connectivity index (χ3n) is 4.77. The predicted octanol–water partition coefficient (Wildman–Crippen LogP) is 2.98. The Balaban J connectivity index is 1.72. The molecule has 1 aliphatic rings. The third-order valence-corrected chi connectivity index (χ3v) is 4.77. The maximum atomic E-state index is 5.91. The smallest absolute Gasteiger partial charge is 0.104 e. The van der Waals surface area contributed by atoms with Gasteiger partial charge in [-0.2, -0.15) is 0 Å². The van der Waals surface area contributed by atoms with E-state index < -0.39 is 0 Å². The Morgan fingerprint density at radius 2 is 1.19 bits per heavy atom. The highest BCUT2D eigenvalue weighted by Gasteiger charge is 2.14. The van der Waals surface area contributed by atoms with Crippen LogP contribution in [0.15, 0.2) is 24.3 Å². The summed E-state index contributed by atoms with van der Waals surface area (Å²) in [5.41, 5.74) is 2.61. The first kappa shape index (κ1) is 26.2. The van der Waals surface area contributed by atoms with Crippen LogP contribution in [0.1, 0.15) is 31.9 Å². The molecule has 0 N–H and O–H groups in total. The van der Waals surface area contributed by atoms with Gasteiger partial charge < -0.3 is 33.2 Å². The van der Waals surface area contributed by atoms with Crippen molar-refractivity contribution in [2.75, 3.05) is 79.3 Å². The summed E-state index contributed by atoms with van der Waals surface area (Å²) in [7, 11) is 0. The summed E-state index contributed by atoms with van der Waals surface area (Å²) < 4.78 is 39.5. The van der Waals surface area contributed by atoms with E-state index in [1.165, 1.54) is 5.56 Å². The van der Waals surface area contributed by atoms with E-state index in [2.05, 4.69) is 45.0 Å². The van der Waals surface area contributed by atoms with Gasteiger partial charge in [0.1, 0.15) is 6.10 Å². The second-order valence-electron chi connectivity index (χ2n) is 8.48. The molecule has 31 heavy (non-hydrogen) atoms. The van der Waals surface area contributed by atoms with Gasteiger partial charge in [0, 0.05) is 0 Å². The van der Waals surface area contributed by atoms with Crippen LogP contribution in [-0.4, -0.2) is 85.4 Å². The zero-order valence-corrected chi connectivity index (χ0v) is 19.4. The minimum absolute atomic E-state index is 0.150. The van der Waals surface area contributed by atoms with Gasteiger partial charge in [-0.15, -0.1) is 0 Å². The van der Waals surface area contributed by atoms with Gasteiger partial charge in [0.05, 0.1) is 85.9 Å². The Morgan fingerprint density at radius 1 is 0.710 bits per heavy atom. The predicted molar refractivity (Wildman–Crippen MR) is 119 cm³/mol. The fraction of sp³-hybridized carbons (Fsp3) is 0.750. The van der Waals surface area contributed by atoms with Crippen LogP contribution in [0.25, 0.3) is 0 Å². The van der Waals surface area contributed by atoms with Gasteiger partial charge in [0.25, 0.3) is 0 Å². The highest BCUT2D eigenvalue weighted by molar-refractivity contribution is 5.27. The third kappa shape index (κ3) is 12.5. The molecule has 2 rings (SSSR count). The summed E-state index contributed by atoms with van der Waals surface area (Å²) in [6.45, 7) is 13.4. The molecule has 0 aromatic heterocycles. The Bertz CT molecular complexity index is 538. The van der Waals surface area contributed by atoms with Gasteiger partial charge in [0.15, 0.2) is 0 Å². The monoisotopic (exact) mass is 440 g/mol. The fourth-order valence-corrected chi connectivity index (χ4v) is 2.92. The van der Waals surface area contributed by atoms with Gasteiger partial charge in [-0.3, -0.25) is 0 Å². The van der Waals surface area contributed by atoms with E-state index in [4.69, 9.17) is 33.2 Å². The Kier molecular flexibility index (Phi) is 13.3. The SMILES string of the molecule is CC(C)(C)c1ccc(COCC2COCCOCCOCCOCCOCCO2)cc1. The first-order valence-corrected chi connectivity index (χ1v) is 11.2. The minimum Gasteiger partial charge on any atom is -0.377 e. The molecule has 178 valence electrons. The number of hydrogen-bond donors (Lipinski definition) is 0. The number of ether oxygens (including phenoxy) is 7. The number of benzene rings is 1. The molecular formula is C24H40O7. The van der Waals surface area contributed by atoms with Crippen molar-refractivity contribution in [2.24, 2.45) is 0 Å². The van der Waals surface area contributed by atoms with Gasteiger partial charge in [-0.05, 0) is 16.5 Å². The Hall–Kier alpha value is -1.06. The Labute approximate surface area is 187 Å². The standard InChI is InChI=1S/C24H40O7/c1-24(2,3)22-6-4-21(5-7-22)18-30-20-23-19-29-15-14-27-11-10-25-8-9-26-12-13-28-16-17-31-23/h4-7,23H,8-20H2,1-3H3. The van der Waals surface area contributed by atoms with E-state index in [9.17, 15) is 0 Å². The molecule has 0 bridgehead atoms. The van der Waals surface area contributed by atoms with Crippen LogP contribution in [0.2, 0.25) is 0 Å². The molecule has 1 unspecified atom stereocenters. The molecular weight excluding hydrogens is 400 g/mol. The van der Waals surface area contributed by atoms with Gasteiger partial charge in [0.2, 0.25) is 0 Å². The van der Waals surface area contributed by atoms with Gasteiger partial charge >= 0.3 is 0 Å².